The van der Waals surface area contributed by atoms with Gasteiger partial charge in [-0.15, -0.1) is 0 Å². The number of hydrogen-bond acceptors (Lipinski definition) is 5. The Morgan fingerprint density at radius 3 is 2.37 bits per heavy atom. The van der Waals surface area contributed by atoms with Crippen molar-refractivity contribution < 1.29 is 23.5 Å². The molecule has 0 atom stereocenters. The van der Waals surface area contributed by atoms with Crippen LogP contribution in [0.3, 0.4) is 0 Å². The van der Waals surface area contributed by atoms with Crippen molar-refractivity contribution in [2.75, 3.05) is 13.2 Å². The molecule has 0 unspecified atom stereocenters. The molecule has 6 heteroatoms. The molecule has 0 aliphatic carbocycles. The van der Waals surface area contributed by atoms with Crippen LogP contribution in [0.1, 0.15) is 26.3 Å². The standard InChI is InChI=1S/C24H17NO5/c26-21(29-12-11-25-23(27)18-7-3-4-8-19(18)24(25)28)13-16-14-30-20-10-9-15-5-1-2-6-17(15)22(16)20/h1-10,14H,11-13H2. The molecule has 2 amide bonds. The number of amides is 2. The van der Waals surface area contributed by atoms with Gasteiger partial charge in [-0.3, -0.25) is 19.3 Å². The number of carbonyl (C=O) groups excluding carboxylic acids is 3. The van der Waals surface area contributed by atoms with Crippen LogP contribution in [0.5, 0.6) is 0 Å². The Hall–Kier alpha value is -3.93. The molecule has 0 fully saturated rings. The summed E-state index contributed by atoms with van der Waals surface area (Å²) in [5, 5.41) is 2.97. The summed E-state index contributed by atoms with van der Waals surface area (Å²) in [5.74, 6) is -1.17. The Labute approximate surface area is 171 Å². The van der Waals surface area contributed by atoms with Crippen LogP contribution < -0.4 is 0 Å². The van der Waals surface area contributed by atoms with E-state index in [1.807, 2.05) is 36.4 Å². The minimum Gasteiger partial charge on any atom is -0.464 e. The number of benzene rings is 3. The fourth-order valence-corrected chi connectivity index (χ4v) is 3.90. The third-order valence-electron chi connectivity index (χ3n) is 5.33. The van der Waals surface area contributed by atoms with Crippen molar-refractivity contribution in [2.24, 2.45) is 0 Å². The summed E-state index contributed by atoms with van der Waals surface area (Å²) in [6.07, 6.45) is 1.62. The van der Waals surface area contributed by atoms with Crippen molar-refractivity contribution in [3.63, 3.8) is 0 Å². The van der Waals surface area contributed by atoms with E-state index in [1.54, 1.807) is 30.5 Å². The predicted molar refractivity (Wildman–Crippen MR) is 110 cm³/mol. The molecule has 2 heterocycles. The Bertz CT molecular complexity index is 1280. The number of hydrogen-bond donors (Lipinski definition) is 0. The van der Waals surface area contributed by atoms with Crippen LogP contribution in [0.4, 0.5) is 0 Å². The summed E-state index contributed by atoms with van der Waals surface area (Å²) in [7, 11) is 0. The molecule has 0 saturated carbocycles. The van der Waals surface area contributed by atoms with Crippen molar-refractivity contribution in [3.05, 3.63) is 83.6 Å². The topological polar surface area (TPSA) is 76.8 Å². The molecule has 0 N–H and O–H groups in total. The summed E-state index contributed by atoms with van der Waals surface area (Å²) >= 11 is 0. The van der Waals surface area contributed by atoms with E-state index >= 15 is 0 Å². The Kier molecular flexibility index (Phi) is 4.32. The van der Waals surface area contributed by atoms with Gasteiger partial charge in [0.1, 0.15) is 12.2 Å². The lowest BCUT2D eigenvalue weighted by Gasteiger charge is -2.13. The third-order valence-corrected chi connectivity index (χ3v) is 5.33. The van der Waals surface area contributed by atoms with Crippen molar-refractivity contribution in [1.82, 2.24) is 4.90 Å². The van der Waals surface area contributed by atoms with Gasteiger partial charge in [-0.25, -0.2) is 0 Å². The van der Waals surface area contributed by atoms with E-state index in [-0.39, 0.29) is 31.4 Å². The van der Waals surface area contributed by atoms with Crippen molar-refractivity contribution in [1.29, 1.82) is 0 Å². The molecule has 148 valence electrons. The van der Waals surface area contributed by atoms with E-state index in [1.165, 1.54) is 0 Å². The first-order chi connectivity index (χ1) is 14.6. The van der Waals surface area contributed by atoms with E-state index in [9.17, 15) is 14.4 Å². The van der Waals surface area contributed by atoms with Gasteiger partial charge in [-0.05, 0) is 29.0 Å². The minimum absolute atomic E-state index is 0.0210. The van der Waals surface area contributed by atoms with Crippen LogP contribution in [-0.4, -0.2) is 35.8 Å². The molecule has 0 radical (unpaired) electrons. The minimum atomic E-state index is -0.442. The van der Waals surface area contributed by atoms with Gasteiger partial charge in [-0.2, -0.15) is 0 Å². The smallest absolute Gasteiger partial charge is 0.310 e. The lowest BCUT2D eigenvalue weighted by molar-refractivity contribution is -0.143. The van der Waals surface area contributed by atoms with Crippen LogP contribution in [0.15, 0.2) is 71.3 Å². The monoisotopic (exact) mass is 399 g/mol. The number of nitrogens with zero attached hydrogens (tertiary/aromatic N) is 1. The Morgan fingerprint density at radius 1 is 0.900 bits per heavy atom. The second kappa shape index (κ2) is 7.15. The number of rotatable bonds is 5. The average Bonchev–Trinajstić information content (AvgIpc) is 3.28. The van der Waals surface area contributed by atoms with Gasteiger partial charge in [0.05, 0.1) is 30.4 Å². The van der Waals surface area contributed by atoms with E-state index in [0.29, 0.717) is 16.7 Å². The highest BCUT2D eigenvalue weighted by molar-refractivity contribution is 6.21. The Morgan fingerprint density at radius 2 is 1.60 bits per heavy atom. The fourth-order valence-electron chi connectivity index (χ4n) is 3.90. The zero-order valence-corrected chi connectivity index (χ0v) is 16.0. The molecular weight excluding hydrogens is 382 g/mol. The van der Waals surface area contributed by atoms with Gasteiger partial charge in [0.2, 0.25) is 0 Å². The summed E-state index contributed by atoms with van der Waals surface area (Å²) < 4.78 is 10.9. The van der Waals surface area contributed by atoms with E-state index in [0.717, 1.165) is 26.6 Å². The lowest BCUT2D eigenvalue weighted by atomic mass is 10.0. The maximum atomic E-state index is 12.4. The van der Waals surface area contributed by atoms with Crippen LogP contribution in [-0.2, 0) is 16.0 Å². The molecule has 5 rings (SSSR count). The zero-order chi connectivity index (χ0) is 20.7. The first kappa shape index (κ1) is 18.1. The van der Waals surface area contributed by atoms with Crippen molar-refractivity contribution >= 4 is 39.5 Å². The largest absolute Gasteiger partial charge is 0.464 e. The first-order valence-electron chi connectivity index (χ1n) is 9.62. The molecule has 0 bridgehead atoms. The third kappa shape index (κ3) is 2.93. The van der Waals surface area contributed by atoms with E-state index < -0.39 is 5.97 Å². The van der Waals surface area contributed by atoms with Crippen molar-refractivity contribution in [2.45, 2.75) is 6.42 Å². The molecule has 1 aliphatic rings. The van der Waals surface area contributed by atoms with Gasteiger partial charge >= 0.3 is 5.97 Å². The number of fused-ring (bicyclic) bond motifs is 4. The molecule has 0 spiro atoms. The second-order valence-corrected chi connectivity index (χ2v) is 7.13. The van der Waals surface area contributed by atoms with Gasteiger partial charge in [0, 0.05) is 10.9 Å². The summed E-state index contributed by atoms with van der Waals surface area (Å²) in [5.41, 5.74) is 2.21. The second-order valence-electron chi connectivity index (χ2n) is 7.13. The SMILES string of the molecule is O=C(Cc1coc2ccc3ccccc3c12)OCCN1C(=O)c2ccccc2C1=O. The molecule has 1 aromatic heterocycles. The summed E-state index contributed by atoms with van der Waals surface area (Å²) in [6.45, 7) is -0.0337. The number of imide groups is 1. The number of carbonyl (C=O) groups is 3. The van der Waals surface area contributed by atoms with Gasteiger partial charge in [0.15, 0.2) is 0 Å². The van der Waals surface area contributed by atoms with Gasteiger partial charge in [0.25, 0.3) is 11.8 Å². The van der Waals surface area contributed by atoms with Crippen LogP contribution >= 0.6 is 0 Å². The maximum Gasteiger partial charge on any atom is 0.310 e. The molecule has 3 aromatic carbocycles. The highest BCUT2D eigenvalue weighted by atomic mass is 16.5. The molecule has 0 saturated heterocycles. The zero-order valence-electron chi connectivity index (χ0n) is 16.0. The van der Waals surface area contributed by atoms with Crippen LogP contribution in [0.2, 0.25) is 0 Å². The number of esters is 1. The molecule has 30 heavy (non-hydrogen) atoms. The normalized spacial score (nSPS) is 13.3. The van der Waals surface area contributed by atoms with Crippen LogP contribution in [0.25, 0.3) is 21.7 Å². The highest BCUT2D eigenvalue weighted by Crippen LogP contribution is 2.30. The first-order valence-corrected chi connectivity index (χ1v) is 9.62. The molecule has 1 aliphatic heterocycles. The number of ether oxygens (including phenoxy) is 1. The van der Waals surface area contributed by atoms with E-state index in [4.69, 9.17) is 9.15 Å². The van der Waals surface area contributed by atoms with E-state index in [2.05, 4.69) is 0 Å². The fraction of sp³-hybridized carbons (Fsp3) is 0.125. The summed E-state index contributed by atoms with van der Waals surface area (Å²) in [4.78, 5) is 38.2. The highest BCUT2D eigenvalue weighted by Gasteiger charge is 2.34. The summed E-state index contributed by atoms with van der Waals surface area (Å²) in [6, 6.07) is 18.4. The number of furan rings is 1. The predicted octanol–water partition coefficient (Wildman–Crippen LogP) is 3.97. The average molecular weight is 399 g/mol. The molecular formula is C24H17NO5. The molecule has 4 aromatic rings. The Balaban J connectivity index is 1.26. The quantitative estimate of drug-likeness (QED) is 0.375. The van der Waals surface area contributed by atoms with Crippen molar-refractivity contribution in [3.8, 4) is 0 Å². The van der Waals surface area contributed by atoms with Gasteiger partial charge < -0.3 is 9.15 Å². The molecule has 6 nitrogen and oxygen atoms in total. The maximum absolute atomic E-state index is 12.4. The van der Waals surface area contributed by atoms with Crippen LogP contribution in [0, 0.1) is 0 Å². The van der Waals surface area contributed by atoms with Gasteiger partial charge in [-0.1, -0.05) is 42.5 Å². The lowest BCUT2D eigenvalue weighted by Crippen LogP contribution is -2.33.